The molecule has 4 bridgehead atoms. The molecule has 3 nitrogen and oxygen atoms in total. The van der Waals surface area contributed by atoms with E-state index in [1.807, 2.05) is 0 Å². The first-order chi connectivity index (χ1) is 19.0. The van der Waals surface area contributed by atoms with E-state index in [1.54, 1.807) is 0 Å². The van der Waals surface area contributed by atoms with Gasteiger partial charge in [-0.05, 0) is 108 Å². The molecule has 1 N–H and O–H groups in total. The van der Waals surface area contributed by atoms with Gasteiger partial charge >= 0.3 is 12.4 Å². The molecule has 0 spiro atoms. The van der Waals surface area contributed by atoms with Crippen LogP contribution in [0.5, 0.6) is 0 Å². The van der Waals surface area contributed by atoms with Gasteiger partial charge < -0.3 is 9.84 Å². The van der Waals surface area contributed by atoms with Crippen molar-refractivity contribution in [3.8, 4) is 0 Å². The van der Waals surface area contributed by atoms with Crippen LogP contribution in [-0.4, -0.2) is 29.7 Å². The Morgan fingerprint density at radius 1 is 0.800 bits per heavy atom. The molecule has 7 rings (SSSR count). The Morgan fingerprint density at radius 2 is 1.20 bits per heavy atom. The first-order valence-corrected chi connectivity index (χ1v) is 15.4. The van der Waals surface area contributed by atoms with Gasteiger partial charge in [0.05, 0.1) is 23.1 Å². The summed E-state index contributed by atoms with van der Waals surface area (Å²) in [6, 6.07) is 26.8. The van der Waals surface area contributed by atoms with Crippen molar-refractivity contribution in [3.05, 3.63) is 89.5 Å². The van der Waals surface area contributed by atoms with Gasteiger partial charge in [0.1, 0.15) is 0 Å². The van der Waals surface area contributed by atoms with Gasteiger partial charge in [0.15, 0.2) is 14.7 Å². The molecular weight excluding hydrogens is 526 g/mol. The smallest absolute Gasteiger partial charge is 0.373 e. The fraction of sp³-hybridized carbons (Fsp3) is 0.441. The number of ether oxygens (including phenoxy) is 1. The molecule has 0 aliphatic heterocycles. The third kappa shape index (κ3) is 6.60. The van der Waals surface area contributed by atoms with Crippen LogP contribution in [0.1, 0.15) is 55.2 Å². The molecule has 2 atom stereocenters. The molecule has 212 valence electrons. The van der Waals surface area contributed by atoms with Crippen molar-refractivity contribution in [1.82, 2.24) is 0 Å². The summed E-state index contributed by atoms with van der Waals surface area (Å²) in [5, 5.41) is 10.5. The number of benzene rings is 3. The number of aliphatic hydroxyl groups is 1. The highest BCUT2D eigenvalue weighted by Crippen LogP contribution is 2.61. The lowest BCUT2D eigenvalue weighted by Gasteiger charge is -2.59. The monoisotopic (exact) mass is 565 g/mol. The Kier molecular flexibility index (Phi) is 8.40. The largest absolute Gasteiger partial charge is 0.461 e. The predicted molar refractivity (Wildman–Crippen MR) is 155 cm³/mol. The third-order valence-corrected chi connectivity index (χ3v) is 10.9. The first-order valence-electron chi connectivity index (χ1n) is 14.1. The normalized spacial score (nSPS) is 26.5. The minimum Gasteiger partial charge on any atom is -0.461 e. The summed E-state index contributed by atoms with van der Waals surface area (Å²) in [4.78, 5) is 15.0. The van der Waals surface area contributed by atoms with Crippen LogP contribution in [0.3, 0.4) is 0 Å². The van der Waals surface area contributed by atoms with Crippen molar-refractivity contribution in [2.75, 3.05) is 6.61 Å². The quantitative estimate of drug-likeness (QED) is 0.245. The van der Waals surface area contributed by atoms with Crippen molar-refractivity contribution in [2.24, 2.45) is 17.3 Å². The number of carbonyl (C=O) groups excluding carboxylic acids is 1. The van der Waals surface area contributed by atoms with Gasteiger partial charge in [-0.2, -0.15) is 8.78 Å². The van der Waals surface area contributed by atoms with Crippen LogP contribution in [-0.2, 0) is 20.4 Å². The Balaban J connectivity index is 0.000000164. The Bertz CT molecular complexity index is 1180. The van der Waals surface area contributed by atoms with E-state index >= 15 is 0 Å². The lowest BCUT2D eigenvalue weighted by Crippen LogP contribution is -2.57. The number of rotatable bonds is 6. The number of carbonyl (C=O) groups is 1. The summed E-state index contributed by atoms with van der Waals surface area (Å²) in [5.74, 6) is -0.485. The molecule has 3 aromatic rings. The second kappa shape index (κ2) is 11.7. The molecule has 4 aliphatic rings. The topological polar surface area (TPSA) is 46.5 Å². The van der Waals surface area contributed by atoms with Crippen LogP contribution in [0.25, 0.3) is 0 Å². The van der Waals surface area contributed by atoms with Crippen molar-refractivity contribution in [1.29, 1.82) is 0 Å². The van der Waals surface area contributed by atoms with Gasteiger partial charge in [-0.15, -0.1) is 0 Å². The number of hydrogen-bond acceptors (Lipinski definition) is 3. The van der Waals surface area contributed by atoms with Crippen molar-refractivity contribution in [2.45, 2.75) is 86.0 Å². The van der Waals surface area contributed by atoms with E-state index in [0.717, 1.165) is 32.1 Å². The minimum atomic E-state index is -3.05. The zero-order valence-electron chi connectivity index (χ0n) is 23.5. The molecule has 0 amide bonds. The summed E-state index contributed by atoms with van der Waals surface area (Å²) in [6.07, 6.45) is 2.14. The SMILES string of the molecule is Cc1ccc([S+](c2ccc(C)cc2)c2ccc(C)cc2)cc1.O=C(OCC12CC3CC(CC(O)(C3)C1)C2)C(F)F. The molecule has 40 heavy (non-hydrogen) atoms. The maximum atomic E-state index is 12.1. The second-order valence-corrected chi connectivity index (χ2v) is 14.4. The minimum absolute atomic E-state index is 0.0394. The molecule has 0 saturated heterocycles. The van der Waals surface area contributed by atoms with Crippen LogP contribution in [0.2, 0.25) is 0 Å². The van der Waals surface area contributed by atoms with Crippen LogP contribution in [0.15, 0.2) is 87.5 Å². The van der Waals surface area contributed by atoms with Crippen LogP contribution >= 0.6 is 0 Å². The summed E-state index contributed by atoms with van der Waals surface area (Å²) in [7, 11) is -0.0394. The van der Waals surface area contributed by atoms with E-state index in [1.165, 1.54) is 31.4 Å². The molecule has 0 heterocycles. The molecular formula is C34H39F2O3S+. The number of halogens is 2. The number of aryl methyl sites for hydroxylation is 3. The number of esters is 1. The van der Waals surface area contributed by atoms with Gasteiger partial charge in [0.25, 0.3) is 0 Å². The predicted octanol–water partition coefficient (Wildman–Crippen LogP) is 7.83. The zero-order valence-corrected chi connectivity index (χ0v) is 24.4. The molecule has 4 fully saturated rings. The van der Waals surface area contributed by atoms with Crippen molar-refractivity contribution < 1.29 is 23.4 Å². The molecule has 4 aliphatic carbocycles. The summed E-state index contributed by atoms with van der Waals surface area (Å²) in [6.45, 7) is 6.46. The third-order valence-electron chi connectivity index (χ3n) is 8.62. The average molecular weight is 566 g/mol. The molecule has 2 unspecified atom stereocenters. The Labute approximate surface area is 239 Å². The van der Waals surface area contributed by atoms with E-state index in [4.69, 9.17) is 4.74 Å². The first kappa shape index (κ1) is 28.8. The summed E-state index contributed by atoms with van der Waals surface area (Å²) >= 11 is 0. The molecule has 3 aromatic carbocycles. The van der Waals surface area contributed by atoms with Gasteiger partial charge in [-0.3, -0.25) is 0 Å². The van der Waals surface area contributed by atoms with Gasteiger partial charge in [0.2, 0.25) is 0 Å². The maximum absolute atomic E-state index is 12.1. The average Bonchev–Trinajstić information content (AvgIpc) is 2.90. The molecule has 6 heteroatoms. The van der Waals surface area contributed by atoms with E-state index in [9.17, 15) is 18.7 Å². The fourth-order valence-electron chi connectivity index (χ4n) is 7.29. The second-order valence-electron chi connectivity index (χ2n) is 12.3. The lowest BCUT2D eigenvalue weighted by atomic mass is 9.48. The van der Waals surface area contributed by atoms with Crippen molar-refractivity contribution >= 4 is 16.9 Å². The summed E-state index contributed by atoms with van der Waals surface area (Å²) < 4.78 is 29.0. The maximum Gasteiger partial charge on any atom is 0.373 e. The van der Waals surface area contributed by atoms with E-state index < -0.39 is 18.0 Å². The molecule has 0 aromatic heterocycles. The van der Waals surface area contributed by atoms with Gasteiger partial charge in [-0.25, -0.2) is 4.79 Å². The zero-order chi connectivity index (χ0) is 28.5. The van der Waals surface area contributed by atoms with Gasteiger partial charge in [-0.1, -0.05) is 53.1 Å². The number of hydrogen-bond donors (Lipinski definition) is 1. The van der Waals surface area contributed by atoms with E-state index in [0.29, 0.717) is 18.3 Å². The standard InChI is InChI=1S/C21H21S.C13H18F2O3/c1-16-4-10-19(11-5-16)22(20-12-6-17(2)7-13-20)21-14-8-18(3)9-15-21;14-10(15)11(16)18-7-12-2-8-1-9(3-12)5-13(17,4-8)6-12/h4-15H,1-3H3;8-10,17H,1-7H2/q+1;. The Morgan fingerprint density at radius 3 is 1.55 bits per heavy atom. The Hall–Kier alpha value is -2.70. The number of alkyl halides is 2. The van der Waals surface area contributed by atoms with E-state index in [-0.39, 0.29) is 22.9 Å². The van der Waals surface area contributed by atoms with Crippen LogP contribution < -0.4 is 0 Å². The fourth-order valence-corrected chi connectivity index (χ4v) is 9.33. The van der Waals surface area contributed by atoms with Crippen molar-refractivity contribution in [3.63, 3.8) is 0 Å². The highest BCUT2D eigenvalue weighted by molar-refractivity contribution is 7.97. The van der Waals surface area contributed by atoms with E-state index in [2.05, 4.69) is 93.6 Å². The molecule has 0 radical (unpaired) electrons. The van der Waals surface area contributed by atoms with Crippen LogP contribution in [0.4, 0.5) is 8.78 Å². The van der Waals surface area contributed by atoms with Gasteiger partial charge in [0, 0.05) is 5.41 Å². The lowest BCUT2D eigenvalue weighted by molar-refractivity contribution is -0.191. The highest BCUT2D eigenvalue weighted by atomic mass is 32.2. The molecule has 4 saturated carbocycles. The van der Waals surface area contributed by atoms with Crippen LogP contribution in [0, 0.1) is 38.0 Å². The summed E-state index contributed by atoms with van der Waals surface area (Å²) in [5.41, 5.74) is 3.03. The highest BCUT2D eigenvalue weighted by Gasteiger charge is 2.57.